The summed E-state index contributed by atoms with van der Waals surface area (Å²) >= 11 is 0. The van der Waals surface area contributed by atoms with E-state index in [-0.39, 0.29) is 31.9 Å². The third-order valence-electron chi connectivity index (χ3n) is 0.865. The molecule has 1 rings (SSSR count). The first kappa shape index (κ1) is 11.9. The van der Waals surface area contributed by atoms with Gasteiger partial charge in [-0.2, -0.15) is 35.9 Å². The molecule has 0 unspecified atom stereocenters. The van der Waals surface area contributed by atoms with Crippen LogP contribution in [0.1, 0.15) is 5.56 Å². The van der Waals surface area contributed by atoms with Gasteiger partial charge in [0.25, 0.3) is 0 Å². The number of hydrogen-bond acceptors (Lipinski definition) is 0. The Labute approximate surface area is 74.8 Å². The van der Waals surface area contributed by atoms with Crippen molar-refractivity contribution in [1.82, 2.24) is 0 Å². The first-order valence-electron chi connectivity index (χ1n) is 2.33. The van der Waals surface area contributed by atoms with E-state index in [0.29, 0.717) is 0 Å². The molecule has 9 heavy (non-hydrogen) atoms. The predicted octanol–water partition coefficient (Wildman–Crippen LogP) is 2.21. The van der Waals surface area contributed by atoms with Gasteiger partial charge in [-0.15, -0.1) is 12.4 Å². The molecule has 0 spiro atoms. The normalized spacial score (nSPS) is 6.78. The zero-order valence-electron chi connectivity index (χ0n) is 5.42. The van der Waals surface area contributed by atoms with E-state index in [1.54, 1.807) is 0 Å². The number of rotatable bonds is 0. The first-order chi connectivity index (χ1) is 3.39. The maximum absolute atomic E-state index is 3.03. The number of benzene rings is 1. The summed E-state index contributed by atoms with van der Waals surface area (Å²) < 4.78 is 0. The van der Waals surface area contributed by atoms with E-state index in [4.69, 9.17) is 0 Å². The zero-order chi connectivity index (χ0) is 5.11. The van der Waals surface area contributed by atoms with Crippen molar-refractivity contribution in [3.8, 4) is 0 Å². The van der Waals surface area contributed by atoms with Gasteiger partial charge in [0.1, 0.15) is 0 Å². The summed E-state index contributed by atoms with van der Waals surface area (Å²) in [6, 6.07) is 10.9. The van der Waals surface area contributed by atoms with Gasteiger partial charge in [0.2, 0.25) is 0 Å². The fourth-order valence-electron chi connectivity index (χ4n) is 0.483. The summed E-state index contributed by atoms with van der Waals surface area (Å²) in [5.41, 5.74) is 1.20. The molecule has 0 saturated carbocycles. The summed E-state index contributed by atoms with van der Waals surface area (Å²) in [5, 5.41) is 0. The first-order valence-corrected chi connectivity index (χ1v) is 2.33. The molecule has 0 saturated heterocycles. The number of aryl methyl sites for hydroxylation is 1. The molecule has 1 aromatic carbocycles. The van der Waals surface area contributed by atoms with Crippen molar-refractivity contribution < 1.29 is 19.5 Å². The molecule has 0 fully saturated rings. The Hall–Kier alpha value is 0.133. The van der Waals surface area contributed by atoms with Crippen LogP contribution in [0.15, 0.2) is 24.3 Å². The van der Waals surface area contributed by atoms with Gasteiger partial charge in [-0.1, -0.05) is 6.92 Å². The van der Waals surface area contributed by atoms with Crippen LogP contribution in [0.2, 0.25) is 0 Å². The molecular formula is C7H8ClZn-. The van der Waals surface area contributed by atoms with Crippen LogP contribution >= 0.6 is 12.4 Å². The average molecular weight is 193 g/mol. The van der Waals surface area contributed by atoms with Crippen LogP contribution in [-0.4, -0.2) is 0 Å². The van der Waals surface area contributed by atoms with Crippen molar-refractivity contribution in [2.75, 3.05) is 0 Å². The van der Waals surface area contributed by atoms with E-state index in [1.807, 2.05) is 31.2 Å². The molecule has 0 amide bonds. The molecule has 0 aliphatic heterocycles. The van der Waals surface area contributed by atoms with Gasteiger partial charge in [-0.05, 0) is 0 Å². The molecule has 1 aromatic rings. The quantitative estimate of drug-likeness (QED) is 0.437. The molecule has 0 aliphatic carbocycles. The third kappa shape index (κ3) is 4.63. The van der Waals surface area contributed by atoms with Gasteiger partial charge < -0.3 is 0 Å². The minimum Gasteiger partial charge on any atom is -0.181 e. The topological polar surface area (TPSA) is 0 Å². The molecule has 2 heteroatoms. The minimum atomic E-state index is 0. The summed E-state index contributed by atoms with van der Waals surface area (Å²) in [4.78, 5) is 0. The summed E-state index contributed by atoms with van der Waals surface area (Å²) in [6.45, 7) is 2.03. The summed E-state index contributed by atoms with van der Waals surface area (Å²) in [6.07, 6.45) is 0. The van der Waals surface area contributed by atoms with Gasteiger partial charge in [0.15, 0.2) is 0 Å². The molecule has 0 nitrogen and oxygen atoms in total. The summed E-state index contributed by atoms with van der Waals surface area (Å²) in [7, 11) is 0. The van der Waals surface area contributed by atoms with Gasteiger partial charge in [0.05, 0.1) is 0 Å². The van der Waals surface area contributed by atoms with Gasteiger partial charge in [0, 0.05) is 19.5 Å². The van der Waals surface area contributed by atoms with Gasteiger partial charge in [-0.3, -0.25) is 0 Å². The van der Waals surface area contributed by atoms with Crippen LogP contribution in [0.3, 0.4) is 0 Å². The Morgan fingerprint density at radius 3 is 2.22 bits per heavy atom. The molecule has 0 heterocycles. The van der Waals surface area contributed by atoms with Crippen LogP contribution in [-0.2, 0) is 19.5 Å². The van der Waals surface area contributed by atoms with Crippen molar-refractivity contribution in [2.45, 2.75) is 6.92 Å². The zero-order valence-corrected chi connectivity index (χ0v) is 9.21. The van der Waals surface area contributed by atoms with Gasteiger partial charge >= 0.3 is 0 Å². The second-order valence-electron chi connectivity index (χ2n) is 1.55. The van der Waals surface area contributed by atoms with E-state index in [0.717, 1.165) is 0 Å². The Bertz CT molecular complexity index is 139. The largest absolute Gasteiger partial charge is 0.181 e. The Kier molecular flexibility index (Phi) is 8.25. The second kappa shape index (κ2) is 6.26. The maximum Gasteiger partial charge on any atom is 0 e. The number of hydrogen-bond donors (Lipinski definition) is 0. The Morgan fingerprint density at radius 2 is 2.00 bits per heavy atom. The van der Waals surface area contributed by atoms with E-state index in [2.05, 4.69) is 6.07 Å². The molecule has 0 aromatic heterocycles. The molecule has 0 radical (unpaired) electrons. The van der Waals surface area contributed by atoms with E-state index in [9.17, 15) is 0 Å². The predicted molar refractivity (Wildman–Crippen MR) is 37.3 cm³/mol. The van der Waals surface area contributed by atoms with E-state index >= 15 is 0 Å². The second-order valence-corrected chi connectivity index (χ2v) is 1.55. The molecule has 0 aliphatic rings. The molecule has 0 bridgehead atoms. The van der Waals surface area contributed by atoms with Crippen LogP contribution in [0.4, 0.5) is 0 Å². The summed E-state index contributed by atoms with van der Waals surface area (Å²) in [5.74, 6) is 0. The Balaban J connectivity index is 0. The van der Waals surface area contributed by atoms with E-state index in [1.165, 1.54) is 5.56 Å². The fourth-order valence-corrected chi connectivity index (χ4v) is 0.483. The molecule has 46 valence electrons. The SMILES string of the molecule is Cc1[c-]cccc1.Cl.[Zn]. The van der Waals surface area contributed by atoms with Crippen molar-refractivity contribution >= 4 is 12.4 Å². The fraction of sp³-hybridized carbons (Fsp3) is 0.143. The van der Waals surface area contributed by atoms with Crippen molar-refractivity contribution in [3.05, 3.63) is 35.9 Å². The molecule has 0 N–H and O–H groups in total. The van der Waals surface area contributed by atoms with Crippen LogP contribution in [0.5, 0.6) is 0 Å². The standard InChI is InChI=1S/C7H7.ClH.Zn/c1-7-5-3-2-4-6-7;;/h2-5H,1H3;1H;/q-1;;. The monoisotopic (exact) mass is 191 g/mol. The van der Waals surface area contributed by atoms with E-state index < -0.39 is 0 Å². The van der Waals surface area contributed by atoms with Crippen LogP contribution < -0.4 is 0 Å². The Morgan fingerprint density at radius 1 is 1.33 bits per heavy atom. The number of halogens is 1. The van der Waals surface area contributed by atoms with Crippen molar-refractivity contribution in [3.63, 3.8) is 0 Å². The van der Waals surface area contributed by atoms with Crippen LogP contribution in [0.25, 0.3) is 0 Å². The third-order valence-corrected chi connectivity index (χ3v) is 0.865. The smallest absolute Gasteiger partial charge is 0 e. The molecular weight excluding hydrogens is 185 g/mol. The minimum absolute atomic E-state index is 0. The molecule has 0 atom stereocenters. The van der Waals surface area contributed by atoms with Crippen LogP contribution in [0, 0.1) is 13.0 Å². The maximum atomic E-state index is 3.03. The van der Waals surface area contributed by atoms with Gasteiger partial charge in [-0.25, -0.2) is 0 Å². The van der Waals surface area contributed by atoms with Crippen molar-refractivity contribution in [1.29, 1.82) is 0 Å². The van der Waals surface area contributed by atoms with Crippen molar-refractivity contribution in [2.24, 2.45) is 0 Å². The average Bonchev–Trinajstić information content (AvgIpc) is 1.69.